The molecule has 2 saturated heterocycles. The molecule has 1 aromatic heterocycles. The van der Waals surface area contributed by atoms with Gasteiger partial charge in [-0.3, -0.25) is 19.5 Å². The predicted molar refractivity (Wildman–Crippen MR) is 132 cm³/mol. The molecule has 2 fully saturated rings. The van der Waals surface area contributed by atoms with Gasteiger partial charge in [0.25, 0.3) is 0 Å². The van der Waals surface area contributed by atoms with E-state index in [4.69, 9.17) is 0 Å². The number of aromatic nitrogens is 1. The predicted octanol–water partition coefficient (Wildman–Crippen LogP) is 3.44. The van der Waals surface area contributed by atoms with Crippen molar-refractivity contribution in [3.05, 3.63) is 90.1 Å². The molecule has 34 heavy (non-hydrogen) atoms. The molecule has 3 heterocycles. The zero-order chi connectivity index (χ0) is 23.1. The fraction of sp³-hybridized carbons (Fsp3) is 0.250. The number of fused-ring (bicyclic) bond motifs is 3. The quantitative estimate of drug-likeness (QED) is 0.478. The molecule has 3 aromatic carbocycles. The Bertz CT molecular complexity index is 1400. The zero-order valence-electron chi connectivity index (χ0n) is 18.9. The van der Waals surface area contributed by atoms with E-state index in [9.17, 15) is 9.59 Å². The van der Waals surface area contributed by atoms with Gasteiger partial charge in [-0.15, -0.1) is 0 Å². The van der Waals surface area contributed by atoms with Crippen molar-refractivity contribution in [3.63, 3.8) is 0 Å². The normalized spacial score (nSPS) is 19.1. The van der Waals surface area contributed by atoms with Crippen molar-refractivity contribution in [2.24, 2.45) is 0 Å². The minimum absolute atomic E-state index is 0.0418. The van der Waals surface area contributed by atoms with Crippen LogP contribution in [0.25, 0.3) is 21.7 Å². The summed E-state index contributed by atoms with van der Waals surface area (Å²) in [5, 5.41) is 3.43. The third-order valence-corrected chi connectivity index (χ3v) is 6.97. The summed E-state index contributed by atoms with van der Waals surface area (Å²) in [6.07, 6.45) is 1.80. The molecular weight excluding hydrogens is 424 g/mol. The molecule has 2 amide bonds. The van der Waals surface area contributed by atoms with Crippen LogP contribution in [0.5, 0.6) is 0 Å². The van der Waals surface area contributed by atoms with Crippen molar-refractivity contribution in [2.75, 3.05) is 26.2 Å². The van der Waals surface area contributed by atoms with Gasteiger partial charge in [-0.25, -0.2) is 0 Å². The molecule has 0 aliphatic carbocycles. The monoisotopic (exact) mass is 450 g/mol. The first-order valence-electron chi connectivity index (χ1n) is 11.8. The number of hydrogen-bond acceptors (Lipinski definition) is 4. The Morgan fingerprint density at radius 3 is 2.47 bits per heavy atom. The van der Waals surface area contributed by atoms with Crippen LogP contribution in [0.4, 0.5) is 0 Å². The van der Waals surface area contributed by atoms with E-state index in [-0.39, 0.29) is 18.4 Å². The second-order valence-corrected chi connectivity index (χ2v) is 9.24. The topological polar surface area (TPSA) is 56.8 Å². The van der Waals surface area contributed by atoms with Gasteiger partial charge in [-0.05, 0) is 46.2 Å². The molecule has 1 atom stereocenters. The highest BCUT2D eigenvalue weighted by Gasteiger charge is 2.42. The van der Waals surface area contributed by atoms with E-state index in [2.05, 4.69) is 52.3 Å². The van der Waals surface area contributed by atoms with Gasteiger partial charge in [0.2, 0.25) is 11.8 Å². The van der Waals surface area contributed by atoms with E-state index in [1.165, 1.54) is 10.9 Å². The van der Waals surface area contributed by atoms with Crippen molar-refractivity contribution in [1.82, 2.24) is 19.7 Å². The summed E-state index contributed by atoms with van der Waals surface area (Å²) in [5.74, 6) is 0.0852. The fourth-order valence-electron chi connectivity index (χ4n) is 5.21. The minimum atomic E-state index is -0.419. The maximum Gasteiger partial charge on any atom is 0.247 e. The van der Waals surface area contributed by atoms with Crippen LogP contribution in [-0.4, -0.2) is 63.7 Å². The number of piperazine rings is 2. The molecule has 170 valence electrons. The molecule has 6 rings (SSSR count). The van der Waals surface area contributed by atoms with E-state index in [1.807, 2.05) is 30.3 Å². The van der Waals surface area contributed by atoms with Crippen LogP contribution in [0.2, 0.25) is 0 Å². The second-order valence-electron chi connectivity index (χ2n) is 9.24. The molecular formula is C28H26N4O2. The fourth-order valence-corrected chi connectivity index (χ4v) is 5.21. The molecule has 0 bridgehead atoms. The Labute approximate surface area is 198 Å². The number of amides is 2. The summed E-state index contributed by atoms with van der Waals surface area (Å²) >= 11 is 0. The van der Waals surface area contributed by atoms with Gasteiger partial charge < -0.3 is 9.80 Å². The molecule has 4 aromatic rings. The molecule has 0 N–H and O–H groups in total. The number of carbonyl (C=O) groups is 2. The highest BCUT2D eigenvalue weighted by Crippen LogP contribution is 2.23. The lowest BCUT2D eigenvalue weighted by Gasteiger charge is -2.46. The van der Waals surface area contributed by atoms with E-state index in [0.29, 0.717) is 19.6 Å². The van der Waals surface area contributed by atoms with Crippen LogP contribution in [0.3, 0.4) is 0 Å². The molecule has 0 radical (unpaired) electrons. The third-order valence-electron chi connectivity index (χ3n) is 6.97. The summed E-state index contributed by atoms with van der Waals surface area (Å²) in [4.78, 5) is 36.5. The summed E-state index contributed by atoms with van der Waals surface area (Å²) < 4.78 is 0. The Balaban J connectivity index is 1.18. The Morgan fingerprint density at radius 2 is 1.56 bits per heavy atom. The molecule has 0 saturated carbocycles. The lowest BCUT2D eigenvalue weighted by atomic mass is 10.0. The van der Waals surface area contributed by atoms with Crippen molar-refractivity contribution < 1.29 is 9.59 Å². The molecule has 1 unspecified atom stereocenters. The van der Waals surface area contributed by atoms with Gasteiger partial charge in [0, 0.05) is 44.3 Å². The smallest absolute Gasteiger partial charge is 0.247 e. The van der Waals surface area contributed by atoms with Crippen LogP contribution in [0.1, 0.15) is 11.1 Å². The Kier molecular flexibility index (Phi) is 5.23. The summed E-state index contributed by atoms with van der Waals surface area (Å²) in [7, 11) is 0. The maximum atomic E-state index is 13.4. The van der Waals surface area contributed by atoms with Gasteiger partial charge in [0.1, 0.15) is 12.6 Å². The van der Waals surface area contributed by atoms with Crippen molar-refractivity contribution in [3.8, 4) is 0 Å². The molecule has 6 nitrogen and oxygen atoms in total. The Morgan fingerprint density at radius 1 is 0.794 bits per heavy atom. The van der Waals surface area contributed by atoms with Gasteiger partial charge >= 0.3 is 0 Å². The van der Waals surface area contributed by atoms with Crippen LogP contribution < -0.4 is 0 Å². The minimum Gasteiger partial charge on any atom is -0.327 e. The summed E-state index contributed by atoms with van der Waals surface area (Å²) in [6, 6.07) is 24.3. The zero-order valence-corrected chi connectivity index (χ0v) is 18.9. The average Bonchev–Trinajstić information content (AvgIpc) is 2.87. The van der Waals surface area contributed by atoms with E-state index in [0.717, 1.165) is 34.9 Å². The third kappa shape index (κ3) is 3.90. The number of nitrogens with zero attached hydrogens (tertiary/aromatic N) is 4. The highest BCUT2D eigenvalue weighted by atomic mass is 16.2. The first-order valence-corrected chi connectivity index (χ1v) is 11.8. The molecule has 2 aliphatic heterocycles. The van der Waals surface area contributed by atoms with Crippen LogP contribution >= 0.6 is 0 Å². The SMILES string of the molecule is O=C1C2CN(Cc3ccc4ncccc4c3)CCN2C(=O)CN1Cc1ccc2ccccc2c1. The number of hydrogen-bond donors (Lipinski definition) is 0. The van der Waals surface area contributed by atoms with E-state index < -0.39 is 6.04 Å². The lowest BCUT2D eigenvalue weighted by molar-refractivity contribution is -0.160. The van der Waals surface area contributed by atoms with Crippen LogP contribution in [-0.2, 0) is 22.7 Å². The Hall–Kier alpha value is -3.77. The highest BCUT2D eigenvalue weighted by molar-refractivity contribution is 5.95. The molecule has 0 spiro atoms. The van der Waals surface area contributed by atoms with Crippen molar-refractivity contribution in [1.29, 1.82) is 0 Å². The van der Waals surface area contributed by atoms with Crippen LogP contribution in [0.15, 0.2) is 79.0 Å². The molecule has 6 heteroatoms. The first-order chi connectivity index (χ1) is 16.6. The number of rotatable bonds is 4. The number of benzene rings is 3. The molecule has 2 aliphatic rings. The van der Waals surface area contributed by atoms with Crippen molar-refractivity contribution >= 4 is 33.5 Å². The summed E-state index contributed by atoms with van der Waals surface area (Å²) in [6.45, 7) is 3.28. The first kappa shape index (κ1) is 20.8. The van der Waals surface area contributed by atoms with Gasteiger partial charge in [-0.1, -0.05) is 48.5 Å². The lowest BCUT2D eigenvalue weighted by Crippen LogP contribution is -2.66. The number of pyridine rings is 1. The van der Waals surface area contributed by atoms with E-state index >= 15 is 0 Å². The maximum absolute atomic E-state index is 13.4. The second kappa shape index (κ2) is 8.54. The van der Waals surface area contributed by atoms with Gasteiger partial charge in [0.15, 0.2) is 0 Å². The van der Waals surface area contributed by atoms with Gasteiger partial charge in [0.05, 0.1) is 5.52 Å². The van der Waals surface area contributed by atoms with Gasteiger partial charge in [-0.2, -0.15) is 0 Å². The standard InChI is InChI=1S/C28H26N4O2/c33-27-19-31(17-21-7-9-22-4-1-2-5-23(22)14-21)28(34)26-18-30(12-13-32(26)27)16-20-8-10-25-24(15-20)6-3-11-29-25/h1-11,14-15,26H,12-13,16-19H2. The largest absolute Gasteiger partial charge is 0.327 e. The van der Waals surface area contributed by atoms with Crippen LogP contribution in [0, 0.1) is 0 Å². The number of carbonyl (C=O) groups excluding carboxylic acids is 2. The van der Waals surface area contributed by atoms with Crippen molar-refractivity contribution in [2.45, 2.75) is 19.1 Å². The summed E-state index contributed by atoms with van der Waals surface area (Å²) in [5.41, 5.74) is 3.22. The van der Waals surface area contributed by atoms with E-state index in [1.54, 1.807) is 16.0 Å². The average molecular weight is 451 g/mol.